The Morgan fingerprint density at radius 3 is 2.39 bits per heavy atom. The molecule has 1 unspecified atom stereocenters. The second kappa shape index (κ2) is 8.97. The van der Waals surface area contributed by atoms with Crippen LogP contribution in [0, 0.1) is 0 Å². The van der Waals surface area contributed by atoms with Crippen LogP contribution in [0.25, 0.3) is 0 Å². The molecule has 0 spiro atoms. The molecule has 0 radical (unpaired) electrons. The number of hydrogen-bond donors (Lipinski definition) is 0. The Morgan fingerprint density at radius 2 is 1.86 bits per heavy atom. The van der Waals surface area contributed by atoms with Gasteiger partial charge >= 0.3 is 0 Å². The lowest BCUT2D eigenvalue weighted by Crippen LogP contribution is -2.41. The molecule has 1 aliphatic rings. The minimum absolute atomic E-state index is 0.00710. The van der Waals surface area contributed by atoms with E-state index >= 15 is 0 Å². The molecule has 28 heavy (non-hydrogen) atoms. The van der Waals surface area contributed by atoms with Crippen LogP contribution in [0.1, 0.15) is 68.6 Å². The van der Waals surface area contributed by atoms with Crippen LogP contribution in [-0.2, 0) is 15.6 Å². The zero-order valence-electron chi connectivity index (χ0n) is 18.8. The largest absolute Gasteiger partial charge is 0.466 e. The van der Waals surface area contributed by atoms with Gasteiger partial charge in [-0.25, -0.2) is 0 Å². The third-order valence-electron chi connectivity index (χ3n) is 6.15. The molecule has 5 nitrogen and oxygen atoms in total. The molecule has 0 saturated heterocycles. The Kier molecular flexibility index (Phi) is 7.34. The highest BCUT2D eigenvalue weighted by Gasteiger charge is 2.41. The van der Waals surface area contributed by atoms with Gasteiger partial charge in [0.25, 0.3) is 5.91 Å². The summed E-state index contributed by atoms with van der Waals surface area (Å²) >= 11 is 0. The maximum Gasteiger partial charge on any atom is 0.257 e. The number of benzene rings is 1. The van der Waals surface area contributed by atoms with Crippen molar-refractivity contribution in [1.29, 1.82) is 0 Å². The highest BCUT2D eigenvalue weighted by Crippen LogP contribution is 2.46. The van der Waals surface area contributed by atoms with Gasteiger partial charge in [-0.05, 0) is 56.5 Å². The van der Waals surface area contributed by atoms with E-state index in [9.17, 15) is 4.79 Å². The number of fused-ring (bicyclic) bond motifs is 1. The van der Waals surface area contributed by atoms with Gasteiger partial charge in [-0.1, -0.05) is 26.8 Å². The Morgan fingerprint density at radius 1 is 1.21 bits per heavy atom. The second-order valence-electron chi connectivity index (χ2n) is 8.94. The molecule has 6 heteroatoms. The standard InChI is InChI=1S/C22H37NO4Si/c1-9-23(10-2)21(24)18-12-11-16-17(20(18)26-15-25-6)13-14-19(16)27-28(7,8)22(3,4)5/h11-12,19H,9-10,13-15H2,1-8H3. The molecule has 0 heterocycles. The van der Waals surface area contributed by atoms with Crippen molar-refractivity contribution in [1.82, 2.24) is 4.90 Å². The van der Waals surface area contributed by atoms with E-state index in [1.54, 1.807) is 7.11 Å². The first-order valence-corrected chi connectivity index (χ1v) is 13.2. The molecule has 0 fully saturated rings. The zero-order valence-corrected chi connectivity index (χ0v) is 19.8. The summed E-state index contributed by atoms with van der Waals surface area (Å²) in [6, 6.07) is 3.97. The van der Waals surface area contributed by atoms with Crippen LogP contribution in [0.5, 0.6) is 5.75 Å². The van der Waals surface area contributed by atoms with E-state index in [0.29, 0.717) is 24.4 Å². The number of ether oxygens (including phenoxy) is 2. The van der Waals surface area contributed by atoms with Crippen molar-refractivity contribution < 1.29 is 18.7 Å². The number of methoxy groups -OCH3 is 1. The fourth-order valence-corrected chi connectivity index (χ4v) is 4.73. The summed E-state index contributed by atoms with van der Waals surface area (Å²) < 4.78 is 17.8. The Bertz CT molecular complexity index is 693. The third kappa shape index (κ3) is 4.61. The summed E-state index contributed by atoms with van der Waals surface area (Å²) in [6.45, 7) is 16.8. The van der Waals surface area contributed by atoms with Crippen LogP contribution in [0.2, 0.25) is 18.1 Å². The third-order valence-corrected chi connectivity index (χ3v) is 10.6. The first kappa shape index (κ1) is 22.9. The molecule has 2 rings (SSSR count). The van der Waals surface area contributed by atoms with Gasteiger partial charge in [-0.2, -0.15) is 0 Å². The van der Waals surface area contributed by atoms with E-state index in [-0.39, 0.29) is 23.8 Å². The molecule has 0 aromatic heterocycles. The van der Waals surface area contributed by atoms with E-state index in [2.05, 4.69) is 39.9 Å². The van der Waals surface area contributed by atoms with E-state index in [1.165, 1.54) is 0 Å². The maximum atomic E-state index is 13.0. The lowest BCUT2D eigenvalue weighted by atomic mass is 10.0. The average Bonchev–Trinajstić information content (AvgIpc) is 3.02. The fraction of sp³-hybridized carbons (Fsp3) is 0.682. The van der Waals surface area contributed by atoms with Crippen LogP contribution in [0.4, 0.5) is 0 Å². The summed E-state index contributed by atoms with van der Waals surface area (Å²) in [5.74, 6) is 0.672. The first-order valence-electron chi connectivity index (χ1n) is 10.3. The van der Waals surface area contributed by atoms with E-state index in [4.69, 9.17) is 13.9 Å². The lowest BCUT2D eigenvalue weighted by molar-refractivity contribution is 0.0485. The average molecular weight is 408 g/mol. The van der Waals surface area contributed by atoms with Crippen LogP contribution < -0.4 is 4.74 Å². The molecule has 1 aromatic carbocycles. The van der Waals surface area contributed by atoms with E-state index < -0.39 is 8.32 Å². The SMILES string of the molecule is CCN(CC)C(=O)c1ccc2c(c1OCOC)CCC2O[Si](C)(C)C(C)(C)C. The highest BCUT2D eigenvalue weighted by atomic mass is 28.4. The Labute approximate surface area is 171 Å². The van der Waals surface area contributed by atoms with Gasteiger partial charge in [0.2, 0.25) is 0 Å². The summed E-state index contributed by atoms with van der Waals surface area (Å²) in [7, 11) is -0.291. The van der Waals surface area contributed by atoms with Crippen LogP contribution >= 0.6 is 0 Å². The Balaban J connectivity index is 2.42. The van der Waals surface area contributed by atoms with Crippen molar-refractivity contribution in [2.45, 2.75) is 71.7 Å². The summed E-state index contributed by atoms with van der Waals surface area (Å²) in [5.41, 5.74) is 2.87. The summed E-state index contributed by atoms with van der Waals surface area (Å²) in [5, 5.41) is 0.157. The predicted molar refractivity (Wildman–Crippen MR) is 116 cm³/mol. The van der Waals surface area contributed by atoms with E-state index in [0.717, 1.165) is 24.0 Å². The van der Waals surface area contributed by atoms with E-state index in [1.807, 2.05) is 24.8 Å². The highest BCUT2D eigenvalue weighted by molar-refractivity contribution is 6.74. The molecular weight excluding hydrogens is 370 g/mol. The predicted octanol–water partition coefficient (Wildman–Crippen LogP) is 5.16. The first-order chi connectivity index (χ1) is 13.1. The van der Waals surface area contributed by atoms with Crippen LogP contribution in [-0.4, -0.2) is 46.1 Å². The number of hydrogen-bond acceptors (Lipinski definition) is 4. The molecule has 0 N–H and O–H groups in total. The van der Waals surface area contributed by atoms with Crippen molar-refractivity contribution in [2.75, 3.05) is 27.0 Å². The van der Waals surface area contributed by atoms with Gasteiger partial charge in [0.15, 0.2) is 15.1 Å². The number of carbonyl (C=O) groups is 1. The van der Waals surface area contributed by atoms with Gasteiger partial charge in [0, 0.05) is 25.8 Å². The van der Waals surface area contributed by atoms with Gasteiger partial charge < -0.3 is 18.8 Å². The minimum Gasteiger partial charge on any atom is -0.466 e. The maximum absolute atomic E-state index is 13.0. The van der Waals surface area contributed by atoms with Gasteiger partial charge in [-0.15, -0.1) is 0 Å². The molecule has 1 aliphatic carbocycles. The van der Waals surface area contributed by atoms with Crippen LogP contribution in [0.3, 0.4) is 0 Å². The number of rotatable bonds is 8. The molecular formula is C22H37NO4Si. The zero-order chi connectivity index (χ0) is 21.1. The fourth-order valence-electron chi connectivity index (χ4n) is 3.42. The molecule has 0 bridgehead atoms. The molecule has 158 valence electrons. The van der Waals surface area contributed by atoms with Crippen molar-refractivity contribution in [3.05, 3.63) is 28.8 Å². The van der Waals surface area contributed by atoms with Gasteiger partial charge in [-0.3, -0.25) is 4.79 Å². The van der Waals surface area contributed by atoms with Crippen molar-refractivity contribution in [3.63, 3.8) is 0 Å². The van der Waals surface area contributed by atoms with Gasteiger partial charge in [0.1, 0.15) is 5.75 Å². The quantitative estimate of drug-likeness (QED) is 0.441. The van der Waals surface area contributed by atoms with Crippen LogP contribution in [0.15, 0.2) is 12.1 Å². The summed E-state index contributed by atoms with van der Waals surface area (Å²) in [6.07, 6.45) is 1.85. The smallest absolute Gasteiger partial charge is 0.257 e. The van der Waals surface area contributed by atoms with Crippen molar-refractivity contribution >= 4 is 14.2 Å². The minimum atomic E-state index is -1.89. The number of amides is 1. The molecule has 0 saturated carbocycles. The summed E-state index contributed by atoms with van der Waals surface area (Å²) in [4.78, 5) is 14.8. The number of nitrogens with zero attached hydrogens (tertiary/aromatic N) is 1. The van der Waals surface area contributed by atoms with Crippen molar-refractivity contribution in [3.8, 4) is 5.75 Å². The molecule has 1 atom stereocenters. The normalized spacial score (nSPS) is 16.8. The topological polar surface area (TPSA) is 48.0 Å². The Hall–Kier alpha value is -1.37. The molecule has 0 aliphatic heterocycles. The second-order valence-corrected chi connectivity index (χ2v) is 13.7. The van der Waals surface area contributed by atoms with Crippen molar-refractivity contribution in [2.24, 2.45) is 0 Å². The molecule has 1 aromatic rings. The van der Waals surface area contributed by atoms with Gasteiger partial charge in [0.05, 0.1) is 11.7 Å². The monoisotopic (exact) mass is 407 g/mol. The number of carbonyl (C=O) groups excluding carboxylic acids is 1. The molecule has 1 amide bonds. The lowest BCUT2D eigenvalue weighted by Gasteiger charge is -2.38.